The summed E-state index contributed by atoms with van der Waals surface area (Å²) in [7, 11) is 0. The number of hydrogen-bond donors (Lipinski definition) is 0. The number of ketones is 1. The van der Waals surface area contributed by atoms with E-state index in [0.29, 0.717) is 12.1 Å². The van der Waals surface area contributed by atoms with Crippen molar-refractivity contribution in [1.29, 1.82) is 0 Å². The molecule has 0 spiro atoms. The third kappa shape index (κ3) is 6.66. The molecule has 0 saturated carbocycles. The number of alkyl halides is 6. The molecular formula is C31H28F6N2O3. The van der Waals surface area contributed by atoms with Crippen LogP contribution in [0.2, 0.25) is 0 Å². The van der Waals surface area contributed by atoms with Crippen LogP contribution < -0.4 is 0 Å². The summed E-state index contributed by atoms with van der Waals surface area (Å²) >= 11 is 0. The maximum absolute atomic E-state index is 13.6. The molecule has 0 unspecified atom stereocenters. The Balaban J connectivity index is 1.72. The highest BCUT2D eigenvalue weighted by Crippen LogP contribution is 2.37. The number of nitrogens with zero attached hydrogens (tertiary/aromatic N) is 2. The molecule has 2 amide bonds. The van der Waals surface area contributed by atoms with Crippen molar-refractivity contribution in [2.24, 2.45) is 0 Å². The van der Waals surface area contributed by atoms with Gasteiger partial charge < -0.3 is 9.80 Å². The molecule has 1 atom stereocenters. The summed E-state index contributed by atoms with van der Waals surface area (Å²) in [6, 6.07) is 11.9. The molecule has 1 heterocycles. The van der Waals surface area contributed by atoms with Gasteiger partial charge in [0, 0.05) is 30.8 Å². The van der Waals surface area contributed by atoms with Crippen LogP contribution in [0, 0.1) is 13.8 Å². The standard InChI is InChI=1S/C31H28F6N2O3/c1-18-8-9-21(12-19(18)2)13-25-17-38(29(42)27-7-5-4-6-26(27)20(3)40)10-11-39(25)28(41)22-14-23(30(32,33)34)16-24(15-22)31(35,36)37/h4-9,12,14-16,25H,10-11,13,17H2,1-3H3/t25-/m1/s1. The summed E-state index contributed by atoms with van der Waals surface area (Å²) in [6.07, 6.45) is -10.0. The van der Waals surface area contributed by atoms with Crippen LogP contribution in [0.3, 0.4) is 0 Å². The number of amides is 2. The Hall–Kier alpha value is -4.15. The van der Waals surface area contributed by atoms with Crippen LogP contribution in [0.1, 0.15) is 65.8 Å². The minimum absolute atomic E-state index is 0.0214. The first-order valence-corrected chi connectivity index (χ1v) is 13.1. The normalized spacial score (nSPS) is 16.0. The molecule has 42 heavy (non-hydrogen) atoms. The van der Waals surface area contributed by atoms with E-state index in [0.717, 1.165) is 16.7 Å². The molecule has 11 heteroatoms. The maximum atomic E-state index is 13.6. The van der Waals surface area contributed by atoms with Gasteiger partial charge in [0.1, 0.15) is 0 Å². The average Bonchev–Trinajstić information content (AvgIpc) is 2.93. The number of aryl methyl sites for hydroxylation is 2. The van der Waals surface area contributed by atoms with Crippen molar-refractivity contribution in [2.75, 3.05) is 19.6 Å². The highest BCUT2D eigenvalue weighted by atomic mass is 19.4. The summed E-state index contributed by atoms with van der Waals surface area (Å²) < 4.78 is 81.0. The number of carbonyl (C=O) groups excluding carboxylic acids is 3. The highest BCUT2D eigenvalue weighted by molar-refractivity contribution is 6.07. The Morgan fingerprint density at radius 1 is 0.762 bits per heavy atom. The maximum Gasteiger partial charge on any atom is 0.416 e. The minimum atomic E-state index is -5.11. The molecule has 3 aromatic rings. The van der Waals surface area contributed by atoms with Crippen molar-refractivity contribution in [3.8, 4) is 0 Å². The zero-order valence-corrected chi connectivity index (χ0v) is 23.1. The lowest BCUT2D eigenvalue weighted by Crippen LogP contribution is -2.57. The SMILES string of the molecule is CC(=O)c1ccccc1C(=O)N1CCN(C(=O)c2cc(C(F)(F)F)cc(C(F)(F)F)c2)[C@H](Cc2ccc(C)c(C)c2)C1. The fraction of sp³-hybridized carbons (Fsp3) is 0.323. The smallest absolute Gasteiger partial charge is 0.335 e. The minimum Gasteiger partial charge on any atom is -0.335 e. The first kappa shape index (κ1) is 30.8. The molecule has 1 saturated heterocycles. The van der Waals surface area contributed by atoms with Gasteiger partial charge in [0.25, 0.3) is 11.8 Å². The number of piperazine rings is 1. The molecule has 1 fully saturated rings. The Morgan fingerprint density at radius 3 is 1.90 bits per heavy atom. The molecule has 222 valence electrons. The van der Waals surface area contributed by atoms with Gasteiger partial charge in [-0.15, -0.1) is 0 Å². The van der Waals surface area contributed by atoms with Gasteiger partial charge in [0.2, 0.25) is 0 Å². The third-order valence-corrected chi connectivity index (χ3v) is 7.44. The largest absolute Gasteiger partial charge is 0.416 e. The molecule has 0 aliphatic carbocycles. The van der Waals surface area contributed by atoms with Crippen LogP contribution in [0.5, 0.6) is 0 Å². The number of Topliss-reactive ketones (excluding diaryl/α,β-unsaturated/α-hetero) is 1. The molecule has 1 aliphatic heterocycles. The van der Waals surface area contributed by atoms with E-state index in [1.807, 2.05) is 32.0 Å². The Labute approximate surface area is 238 Å². The molecule has 0 radical (unpaired) electrons. The van der Waals surface area contributed by atoms with Crippen LogP contribution in [0.4, 0.5) is 26.3 Å². The lowest BCUT2D eigenvalue weighted by molar-refractivity contribution is -0.143. The van der Waals surface area contributed by atoms with Crippen molar-refractivity contribution in [2.45, 2.75) is 45.6 Å². The zero-order valence-electron chi connectivity index (χ0n) is 23.1. The fourth-order valence-corrected chi connectivity index (χ4v) is 5.08. The van der Waals surface area contributed by atoms with Crippen molar-refractivity contribution in [3.63, 3.8) is 0 Å². The summed E-state index contributed by atoms with van der Waals surface area (Å²) in [5.74, 6) is -1.78. The van der Waals surface area contributed by atoms with Crippen LogP contribution in [-0.2, 0) is 18.8 Å². The molecule has 0 N–H and O–H groups in total. The van der Waals surface area contributed by atoms with Gasteiger partial charge in [0.05, 0.1) is 22.7 Å². The third-order valence-electron chi connectivity index (χ3n) is 7.44. The monoisotopic (exact) mass is 590 g/mol. The molecule has 5 nitrogen and oxygen atoms in total. The Kier molecular flexibility index (Phi) is 8.52. The molecule has 3 aromatic carbocycles. The van der Waals surface area contributed by atoms with E-state index in [9.17, 15) is 40.7 Å². The number of carbonyl (C=O) groups is 3. The van der Waals surface area contributed by atoms with E-state index >= 15 is 0 Å². The Morgan fingerprint density at radius 2 is 1.36 bits per heavy atom. The predicted octanol–water partition coefficient (Wildman–Crippen LogP) is 6.75. The molecule has 0 aromatic heterocycles. The predicted molar refractivity (Wildman–Crippen MR) is 143 cm³/mol. The first-order valence-electron chi connectivity index (χ1n) is 13.1. The second-order valence-corrected chi connectivity index (χ2v) is 10.4. The van der Waals surface area contributed by atoms with Crippen LogP contribution in [-0.4, -0.2) is 53.1 Å². The van der Waals surface area contributed by atoms with Gasteiger partial charge in [-0.3, -0.25) is 14.4 Å². The van der Waals surface area contributed by atoms with Gasteiger partial charge in [-0.25, -0.2) is 0 Å². The summed E-state index contributed by atoms with van der Waals surface area (Å²) in [5.41, 5.74) is -0.781. The second-order valence-electron chi connectivity index (χ2n) is 10.4. The van der Waals surface area contributed by atoms with E-state index in [-0.39, 0.29) is 49.0 Å². The van der Waals surface area contributed by atoms with E-state index in [1.54, 1.807) is 12.1 Å². The summed E-state index contributed by atoms with van der Waals surface area (Å²) in [4.78, 5) is 41.9. The first-order chi connectivity index (χ1) is 19.6. The lowest BCUT2D eigenvalue weighted by atomic mass is 9.96. The summed E-state index contributed by atoms with van der Waals surface area (Å²) in [5, 5.41) is 0. The van der Waals surface area contributed by atoms with E-state index in [1.165, 1.54) is 28.9 Å². The molecule has 4 rings (SSSR count). The number of hydrogen-bond acceptors (Lipinski definition) is 3. The second kappa shape index (κ2) is 11.6. The van der Waals surface area contributed by atoms with E-state index in [4.69, 9.17) is 0 Å². The van der Waals surface area contributed by atoms with Gasteiger partial charge in [-0.1, -0.05) is 36.4 Å². The van der Waals surface area contributed by atoms with Gasteiger partial charge in [0.15, 0.2) is 5.78 Å². The van der Waals surface area contributed by atoms with Crippen molar-refractivity contribution in [1.82, 2.24) is 9.80 Å². The van der Waals surface area contributed by atoms with E-state index in [2.05, 4.69) is 0 Å². The van der Waals surface area contributed by atoms with E-state index < -0.39 is 46.9 Å². The van der Waals surface area contributed by atoms with Crippen molar-refractivity contribution < 1.29 is 40.7 Å². The Bertz CT molecular complexity index is 1500. The fourth-order valence-electron chi connectivity index (χ4n) is 5.08. The molecule has 0 bridgehead atoms. The van der Waals surface area contributed by atoms with Gasteiger partial charge >= 0.3 is 12.4 Å². The molecule has 1 aliphatic rings. The lowest BCUT2D eigenvalue weighted by Gasteiger charge is -2.42. The van der Waals surface area contributed by atoms with Crippen LogP contribution in [0.25, 0.3) is 0 Å². The van der Waals surface area contributed by atoms with Crippen LogP contribution >= 0.6 is 0 Å². The van der Waals surface area contributed by atoms with Crippen molar-refractivity contribution >= 4 is 17.6 Å². The average molecular weight is 591 g/mol. The number of halogens is 6. The van der Waals surface area contributed by atoms with Crippen LogP contribution in [0.15, 0.2) is 60.7 Å². The molecular weight excluding hydrogens is 562 g/mol. The van der Waals surface area contributed by atoms with Gasteiger partial charge in [-0.05, 0) is 68.1 Å². The quantitative estimate of drug-likeness (QED) is 0.244. The van der Waals surface area contributed by atoms with Crippen molar-refractivity contribution in [3.05, 3.63) is 105 Å². The number of rotatable bonds is 5. The van der Waals surface area contributed by atoms with Gasteiger partial charge in [-0.2, -0.15) is 26.3 Å². The number of benzene rings is 3. The zero-order chi connectivity index (χ0) is 31.0. The summed E-state index contributed by atoms with van der Waals surface area (Å²) in [6.45, 7) is 4.91. The highest BCUT2D eigenvalue weighted by Gasteiger charge is 2.39. The topological polar surface area (TPSA) is 57.7 Å².